The van der Waals surface area contributed by atoms with Crippen LogP contribution in [0.4, 0.5) is 0 Å². The summed E-state index contributed by atoms with van der Waals surface area (Å²) in [6, 6.07) is 5.19. The maximum atomic E-state index is 12.5. The molecule has 0 spiro atoms. The number of benzene rings is 1. The predicted octanol–water partition coefficient (Wildman–Crippen LogP) is 1.22. The van der Waals surface area contributed by atoms with Gasteiger partial charge in [0.1, 0.15) is 12.4 Å². The van der Waals surface area contributed by atoms with E-state index in [2.05, 4.69) is 4.90 Å². The third-order valence-electron chi connectivity index (χ3n) is 4.27. The number of fused-ring (bicyclic) bond motifs is 1. The fraction of sp³-hybridized carbons (Fsp3) is 0.444. The highest BCUT2D eigenvalue weighted by molar-refractivity contribution is 6.25. The molecule has 1 fully saturated rings. The van der Waals surface area contributed by atoms with E-state index in [1.165, 1.54) is 6.08 Å². The monoisotopic (exact) mass is 330 g/mol. The van der Waals surface area contributed by atoms with Crippen LogP contribution >= 0.6 is 0 Å². The molecule has 2 aliphatic rings. The zero-order valence-corrected chi connectivity index (χ0v) is 14.1. The van der Waals surface area contributed by atoms with E-state index >= 15 is 0 Å². The first kappa shape index (κ1) is 16.7. The molecule has 1 aromatic rings. The lowest BCUT2D eigenvalue weighted by Crippen LogP contribution is -2.38. The molecule has 128 valence electrons. The van der Waals surface area contributed by atoms with E-state index in [4.69, 9.17) is 9.47 Å². The summed E-state index contributed by atoms with van der Waals surface area (Å²) in [7, 11) is 3.51. The molecule has 1 saturated heterocycles. The average Bonchev–Trinajstić information content (AvgIpc) is 2.58. The quantitative estimate of drug-likeness (QED) is 0.809. The van der Waals surface area contributed by atoms with Crippen LogP contribution in [0.3, 0.4) is 0 Å². The summed E-state index contributed by atoms with van der Waals surface area (Å²) in [6.07, 6.45) is 1.39. The van der Waals surface area contributed by atoms with Crippen molar-refractivity contribution in [1.29, 1.82) is 0 Å². The Kier molecular flexibility index (Phi) is 4.97. The molecule has 1 aromatic carbocycles. The third-order valence-corrected chi connectivity index (χ3v) is 4.27. The summed E-state index contributed by atoms with van der Waals surface area (Å²) in [5.74, 6) is 0.150. The molecule has 3 rings (SSSR count). The topological polar surface area (TPSA) is 59.1 Å². The molecule has 0 radical (unpaired) electrons. The van der Waals surface area contributed by atoms with Crippen LogP contribution in [0.1, 0.15) is 20.7 Å². The van der Waals surface area contributed by atoms with Crippen molar-refractivity contribution in [3.8, 4) is 5.75 Å². The Morgan fingerprint density at radius 1 is 1.21 bits per heavy atom. The summed E-state index contributed by atoms with van der Waals surface area (Å²) in [5.41, 5.74) is 1.18. The normalized spacial score (nSPS) is 18.2. The Labute approximate surface area is 141 Å². The number of hydrogen-bond acceptors (Lipinski definition) is 6. The number of carbonyl (C=O) groups excluding carboxylic acids is 2. The van der Waals surface area contributed by atoms with Crippen molar-refractivity contribution in [2.24, 2.45) is 0 Å². The first-order valence-corrected chi connectivity index (χ1v) is 8.12. The van der Waals surface area contributed by atoms with E-state index in [-0.39, 0.29) is 11.6 Å². The van der Waals surface area contributed by atoms with Crippen molar-refractivity contribution in [3.63, 3.8) is 0 Å². The summed E-state index contributed by atoms with van der Waals surface area (Å²) in [5, 5.41) is 0. The van der Waals surface area contributed by atoms with Gasteiger partial charge in [-0.2, -0.15) is 0 Å². The maximum absolute atomic E-state index is 12.5. The minimum Gasteiger partial charge on any atom is -0.491 e. The Balaban J connectivity index is 1.74. The zero-order valence-electron chi connectivity index (χ0n) is 14.1. The molecule has 6 heteroatoms. The summed E-state index contributed by atoms with van der Waals surface area (Å²) in [4.78, 5) is 28.9. The van der Waals surface area contributed by atoms with Crippen LogP contribution in [0.25, 0.3) is 0 Å². The number of morpholine rings is 1. The number of hydrogen-bond donors (Lipinski definition) is 0. The van der Waals surface area contributed by atoms with E-state index < -0.39 is 0 Å². The van der Waals surface area contributed by atoms with Crippen molar-refractivity contribution >= 4 is 11.6 Å². The molecule has 1 aliphatic carbocycles. The number of rotatable bonds is 5. The van der Waals surface area contributed by atoms with Crippen LogP contribution in [0, 0.1) is 0 Å². The second-order valence-electron chi connectivity index (χ2n) is 6.10. The second-order valence-corrected chi connectivity index (χ2v) is 6.10. The SMILES string of the molecule is CN(C)C1=CC(=O)c2c(OCCN3CCOCC3)cccc2C1=O. The van der Waals surface area contributed by atoms with Gasteiger partial charge in [0.15, 0.2) is 5.78 Å². The van der Waals surface area contributed by atoms with E-state index in [9.17, 15) is 9.59 Å². The van der Waals surface area contributed by atoms with Gasteiger partial charge in [-0.15, -0.1) is 0 Å². The van der Waals surface area contributed by atoms with Gasteiger partial charge in [-0.1, -0.05) is 6.07 Å². The van der Waals surface area contributed by atoms with Crippen molar-refractivity contribution in [2.45, 2.75) is 0 Å². The van der Waals surface area contributed by atoms with Crippen LogP contribution in [0.15, 0.2) is 30.0 Å². The molecule has 24 heavy (non-hydrogen) atoms. The highest BCUT2D eigenvalue weighted by Gasteiger charge is 2.29. The standard InChI is InChI=1S/C18H22N2O4/c1-19(2)14-12-15(21)17-13(18(14)22)4-3-5-16(17)24-11-8-20-6-9-23-10-7-20/h3-5,12H,6-11H2,1-2H3. The highest BCUT2D eigenvalue weighted by Crippen LogP contribution is 2.29. The minimum absolute atomic E-state index is 0.145. The largest absolute Gasteiger partial charge is 0.491 e. The molecule has 0 amide bonds. The second kappa shape index (κ2) is 7.15. The van der Waals surface area contributed by atoms with Crippen molar-refractivity contribution in [1.82, 2.24) is 9.80 Å². The van der Waals surface area contributed by atoms with E-state index in [1.54, 1.807) is 37.2 Å². The van der Waals surface area contributed by atoms with Gasteiger partial charge in [0.25, 0.3) is 0 Å². The van der Waals surface area contributed by atoms with Crippen LogP contribution in [0.2, 0.25) is 0 Å². The van der Waals surface area contributed by atoms with Gasteiger partial charge < -0.3 is 14.4 Å². The first-order chi connectivity index (χ1) is 11.6. The number of carbonyl (C=O) groups is 2. The first-order valence-electron chi connectivity index (χ1n) is 8.12. The number of nitrogens with zero attached hydrogens (tertiary/aromatic N) is 2. The molecule has 0 atom stereocenters. The Hall–Kier alpha value is -2.18. The number of ketones is 2. The summed E-state index contributed by atoms with van der Waals surface area (Å²) < 4.78 is 11.1. The van der Waals surface area contributed by atoms with Gasteiger partial charge in [-0.3, -0.25) is 14.5 Å². The van der Waals surface area contributed by atoms with E-state index in [1.807, 2.05) is 0 Å². The molecular weight excluding hydrogens is 308 g/mol. The molecule has 0 unspecified atom stereocenters. The molecule has 1 heterocycles. The Morgan fingerprint density at radius 3 is 2.67 bits per heavy atom. The van der Waals surface area contributed by atoms with Gasteiger partial charge in [-0.05, 0) is 12.1 Å². The van der Waals surface area contributed by atoms with Gasteiger partial charge in [0, 0.05) is 45.4 Å². The van der Waals surface area contributed by atoms with E-state index in [0.717, 1.165) is 32.8 Å². The van der Waals surface area contributed by atoms with Gasteiger partial charge in [0.2, 0.25) is 5.78 Å². The fourth-order valence-corrected chi connectivity index (χ4v) is 2.94. The van der Waals surface area contributed by atoms with Crippen LogP contribution < -0.4 is 4.74 Å². The molecule has 6 nitrogen and oxygen atoms in total. The number of allylic oxidation sites excluding steroid dienone is 2. The molecule has 0 aromatic heterocycles. The average molecular weight is 330 g/mol. The molecule has 0 saturated carbocycles. The van der Waals surface area contributed by atoms with Gasteiger partial charge in [-0.25, -0.2) is 0 Å². The lowest BCUT2D eigenvalue weighted by Gasteiger charge is -2.27. The third kappa shape index (κ3) is 3.34. The fourth-order valence-electron chi connectivity index (χ4n) is 2.94. The lowest BCUT2D eigenvalue weighted by molar-refractivity contribution is 0.0322. The molecular formula is C18H22N2O4. The lowest BCUT2D eigenvalue weighted by atomic mass is 9.91. The summed E-state index contributed by atoms with van der Waals surface area (Å²) >= 11 is 0. The van der Waals surface area contributed by atoms with Crippen LogP contribution in [-0.2, 0) is 4.74 Å². The van der Waals surface area contributed by atoms with Crippen molar-refractivity contribution < 1.29 is 19.1 Å². The predicted molar refractivity (Wildman–Crippen MR) is 89.6 cm³/mol. The number of likely N-dealkylation sites (N-methyl/N-ethyl adjacent to an activating group) is 1. The van der Waals surface area contributed by atoms with E-state index in [0.29, 0.717) is 29.2 Å². The van der Waals surface area contributed by atoms with Gasteiger partial charge in [0.05, 0.1) is 24.5 Å². The van der Waals surface area contributed by atoms with Crippen molar-refractivity contribution in [3.05, 3.63) is 41.1 Å². The summed E-state index contributed by atoms with van der Waals surface area (Å²) in [6.45, 7) is 4.51. The Bertz CT molecular complexity index is 676. The van der Waals surface area contributed by atoms with Crippen LogP contribution in [-0.4, -0.2) is 74.9 Å². The minimum atomic E-state index is -0.185. The van der Waals surface area contributed by atoms with Gasteiger partial charge >= 0.3 is 0 Å². The highest BCUT2D eigenvalue weighted by atomic mass is 16.5. The van der Waals surface area contributed by atoms with Crippen LogP contribution in [0.5, 0.6) is 5.75 Å². The number of ether oxygens (including phenoxy) is 2. The van der Waals surface area contributed by atoms with Crippen molar-refractivity contribution in [2.75, 3.05) is 53.6 Å². The molecule has 0 N–H and O–H groups in total. The smallest absolute Gasteiger partial charge is 0.210 e. The Morgan fingerprint density at radius 2 is 1.96 bits per heavy atom. The maximum Gasteiger partial charge on any atom is 0.210 e. The number of Topliss-reactive ketones (excluding diaryl/α,β-unsaturated/α-hetero) is 1. The zero-order chi connectivity index (χ0) is 17.1. The molecule has 0 bridgehead atoms. The molecule has 1 aliphatic heterocycles.